The van der Waals surface area contributed by atoms with Crippen LogP contribution in [0.2, 0.25) is 0 Å². The fraction of sp³-hybridized carbons (Fsp3) is 0. The van der Waals surface area contributed by atoms with Crippen LogP contribution < -0.4 is 0 Å². The van der Waals surface area contributed by atoms with E-state index in [-0.39, 0.29) is 0 Å². The van der Waals surface area contributed by atoms with Gasteiger partial charge in [0.05, 0.1) is 12.4 Å². The van der Waals surface area contributed by atoms with Gasteiger partial charge in [0.1, 0.15) is 4.60 Å². The van der Waals surface area contributed by atoms with Gasteiger partial charge in [-0.05, 0) is 15.9 Å². The molecule has 0 saturated carbocycles. The molecule has 0 unspecified atom stereocenters. The Labute approximate surface area is 53.9 Å². The summed E-state index contributed by atoms with van der Waals surface area (Å²) in [5, 5.41) is 0. The van der Waals surface area contributed by atoms with E-state index >= 15 is 0 Å². The van der Waals surface area contributed by atoms with E-state index in [1.54, 1.807) is 0 Å². The van der Waals surface area contributed by atoms with Gasteiger partial charge < -0.3 is 0 Å². The van der Waals surface area contributed by atoms with E-state index in [0.29, 0.717) is 4.60 Å². The second kappa shape index (κ2) is 2.17. The molecule has 0 N–H and O–H groups in total. The first-order valence-electron chi connectivity index (χ1n) is 1.92. The van der Waals surface area contributed by atoms with Crippen molar-refractivity contribution in [3.8, 4) is 0 Å². The Hall–Kier alpha value is -0.510. The third-order valence-corrected chi connectivity index (χ3v) is 0.998. The second-order valence-electron chi connectivity index (χ2n) is 1.16. The molecule has 0 aliphatic heterocycles. The lowest BCUT2D eigenvalue weighted by Crippen LogP contribution is -1.82. The molecule has 4 heteroatoms. The van der Waals surface area contributed by atoms with Crippen molar-refractivity contribution in [1.82, 2.24) is 9.97 Å². The van der Waals surface area contributed by atoms with Crippen LogP contribution in [0.4, 0.5) is 4.39 Å². The average Bonchev–Trinajstić information content (AvgIpc) is 1.77. The Kier molecular flexibility index (Phi) is 1.53. The maximum atomic E-state index is 11.9. The standard InChI is InChI=1S/C4H2BrFN2/c5-3-1-8-4(6)2-7-3/h1-2H. The summed E-state index contributed by atoms with van der Waals surface area (Å²) in [4.78, 5) is 6.86. The molecule has 0 spiro atoms. The monoisotopic (exact) mass is 176 g/mol. The van der Waals surface area contributed by atoms with Crippen LogP contribution in [0.3, 0.4) is 0 Å². The molecule has 1 aromatic heterocycles. The maximum Gasteiger partial charge on any atom is 0.231 e. The van der Waals surface area contributed by atoms with Crippen molar-refractivity contribution in [3.05, 3.63) is 22.9 Å². The van der Waals surface area contributed by atoms with Gasteiger partial charge in [-0.1, -0.05) is 0 Å². The Balaban J connectivity index is 3.03. The molecule has 0 amide bonds. The van der Waals surface area contributed by atoms with Crippen LogP contribution in [-0.4, -0.2) is 9.97 Å². The highest BCUT2D eigenvalue weighted by Gasteiger charge is 1.88. The first kappa shape index (κ1) is 5.62. The molecule has 8 heavy (non-hydrogen) atoms. The number of nitrogens with zero attached hydrogens (tertiary/aromatic N) is 2. The lowest BCUT2D eigenvalue weighted by Gasteiger charge is -1.83. The molecule has 42 valence electrons. The van der Waals surface area contributed by atoms with Crippen LogP contribution in [0.25, 0.3) is 0 Å². The maximum absolute atomic E-state index is 11.9. The molecule has 1 rings (SSSR count). The summed E-state index contributed by atoms with van der Waals surface area (Å²) in [5.41, 5.74) is 0. The average molecular weight is 177 g/mol. The fourth-order valence-corrected chi connectivity index (χ4v) is 0.501. The molecule has 0 saturated heterocycles. The molecular weight excluding hydrogens is 175 g/mol. The molecule has 0 fully saturated rings. The molecule has 0 aliphatic carbocycles. The summed E-state index contributed by atoms with van der Waals surface area (Å²) in [5.74, 6) is -0.562. The third-order valence-electron chi connectivity index (χ3n) is 0.589. The van der Waals surface area contributed by atoms with Crippen LogP contribution in [0, 0.1) is 5.95 Å². The van der Waals surface area contributed by atoms with Gasteiger partial charge in [-0.25, -0.2) is 9.97 Å². The number of hydrogen-bond acceptors (Lipinski definition) is 2. The second-order valence-corrected chi connectivity index (χ2v) is 1.97. The number of rotatable bonds is 0. The van der Waals surface area contributed by atoms with Crippen LogP contribution in [-0.2, 0) is 0 Å². The lowest BCUT2D eigenvalue weighted by atomic mass is 10.7. The Bertz CT molecular complexity index is 153. The van der Waals surface area contributed by atoms with Crippen LogP contribution >= 0.6 is 15.9 Å². The van der Waals surface area contributed by atoms with Crippen molar-refractivity contribution in [2.24, 2.45) is 0 Å². The Morgan fingerprint density at radius 2 is 2.12 bits per heavy atom. The van der Waals surface area contributed by atoms with Crippen molar-refractivity contribution in [2.45, 2.75) is 0 Å². The molecule has 0 bridgehead atoms. The zero-order valence-electron chi connectivity index (χ0n) is 3.81. The normalized spacial score (nSPS) is 9.25. The number of halogens is 2. The predicted octanol–water partition coefficient (Wildman–Crippen LogP) is 1.38. The summed E-state index contributed by atoms with van der Waals surface area (Å²) >= 11 is 3.01. The van der Waals surface area contributed by atoms with Gasteiger partial charge in [0.25, 0.3) is 0 Å². The zero-order valence-corrected chi connectivity index (χ0v) is 5.39. The molecule has 0 radical (unpaired) electrons. The Morgan fingerprint density at radius 1 is 1.38 bits per heavy atom. The smallest absolute Gasteiger partial charge is 0.231 e. The van der Waals surface area contributed by atoms with E-state index in [2.05, 4.69) is 25.9 Å². The van der Waals surface area contributed by atoms with E-state index in [0.717, 1.165) is 6.20 Å². The van der Waals surface area contributed by atoms with Crippen LogP contribution in [0.1, 0.15) is 0 Å². The molecule has 1 aromatic rings. The van der Waals surface area contributed by atoms with E-state index in [9.17, 15) is 4.39 Å². The molecule has 1 heterocycles. The van der Waals surface area contributed by atoms with Crippen LogP contribution in [0.15, 0.2) is 17.0 Å². The van der Waals surface area contributed by atoms with E-state index in [4.69, 9.17) is 0 Å². The van der Waals surface area contributed by atoms with Gasteiger partial charge >= 0.3 is 0 Å². The SMILES string of the molecule is Fc1cnc(Br)cn1. The van der Waals surface area contributed by atoms with E-state index in [1.165, 1.54) is 6.20 Å². The van der Waals surface area contributed by atoms with Gasteiger partial charge in [-0.15, -0.1) is 0 Å². The van der Waals surface area contributed by atoms with Gasteiger partial charge in [-0.3, -0.25) is 0 Å². The first-order chi connectivity index (χ1) is 3.79. The summed E-state index contributed by atoms with van der Waals surface area (Å²) in [7, 11) is 0. The van der Waals surface area contributed by atoms with Crippen molar-refractivity contribution >= 4 is 15.9 Å². The van der Waals surface area contributed by atoms with E-state index < -0.39 is 5.95 Å². The highest BCUT2D eigenvalue weighted by Crippen LogP contribution is 2.00. The molecule has 0 aromatic carbocycles. The topological polar surface area (TPSA) is 25.8 Å². The largest absolute Gasteiger partial charge is 0.243 e. The van der Waals surface area contributed by atoms with Crippen molar-refractivity contribution in [1.29, 1.82) is 0 Å². The first-order valence-corrected chi connectivity index (χ1v) is 2.71. The van der Waals surface area contributed by atoms with Crippen molar-refractivity contribution < 1.29 is 4.39 Å². The highest BCUT2D eigenvalue weighted by molar-refractivity contribution is 9.10. The van der Waals surface area contributed by atoms with Gasteiger partial charge in [0, 0.05) is 0 Å². The minimum absolute atomic E-state index is 0.541. The predicted molar refractivity (Wildman–Crippen MR) is 29.7 cm³/mol. The summed E-state index contributed by atoms with van der Waals surface area (Å²) in [6.07, 6.45) is 2.35. The van der Waals surface area contributed by atoms with E-state index in [1.807, 2.05) is 0 Å². The molecular formula is C4H2BrFN2. The third kappa shape index (κ3) is 1.23. The van der Waals surface area contributed by atoms with Gasteiger partial charge in [-0.2, -0.15) is 4.39 Å². The minimum Gasteiger partial charge on any atom is -0.243 e. The van der Waals surface area contributed by atoms with Crippen molar-refractivity contribution in [2.75, 3.05) is 0 Å². The van der Waals surface area contributed by atoms with Gasteiger partial charge in [0.15, 0.2) is 0 Å². The fourth-order valence-electron chi connectivity index (χ4n) is 0.297. The molecule has 2 nitrogen and oxygen atoms in total. The summed E-state index contributed by atoms with van der Waals surface area (Å²) in [6.45, 7) is 0. The lowest BCUT2D eigenvalue weighted by molar-refractivity contribution is 0.575. The number of aromatic nitrogens is 2. The number of hydrogen-bond donors (Lipinski definition) is 0. The van der Waals surface area contributed by atoms with Crippen LogP contribution in [0.5, 0.6) is 0 Å². The molecule has 0 aliphatic rings. The quantitative estimate of drug-likeness (QED) is 0.598. The highest BCUT2D eigenvalue weighted by atomic mass is 79.9. The van der Waals surface area contributed by atoms with Gasteiger partial charge in [0.2, 0.25) is 5.95 Å². The Morgan fingerprint density at radius 3 is 2.50 bits per heavy atom. The summed E-state index contributed by atoms with van der Waals surface area (Å²) < 4.78 is 12.4. The molecule has 0 atom stereocenters. The minimum atomic E-state index is -0.562. The summed E-state index contributed by atoms with van der Waals surface area (Å²) in [6, 6.07) is 0. The van der Waals surface area contributed by atoms with Crippen molar-refractivity contribution in [3.63, 3.8) is 0 Å². The zero-order chi connectivity index (χ0) is 5.98.